The summed E-state index contributed by atoms with van der Waals surface area (Å²) in [5.74, 6) is -3.68. The lowest BCUT2D eigenvalue weighted by atomic mass is 9.86. The number of nitrogens with one attached hydrogen (secondary N) is 2. The van der Waals surface area contributed by atoms with Gasteiger partial charge in [0.25, 0.3) is 22.9 Å². The average molecular weight is 999 g/mol. The number of rotatable bonds is 11. The van der Waals surface area contributed by atoms with Crippen molar-refractivity contribution >= 4 is 57.5 Å². The highest BCUT2D eigenvalue weighted by molar-refractivity contribution is 6.23. The third-order valence-electron chi connectivity index (χ3n) is 14.1. The number of imide groups is 2. The summed E-state index contributed by atoms with van der Waals surface area (Å²) in [6, 6.07) is 9.37. The van der Waals surface area contributed by atoms with Crippen LogP contribution in [0.15, 0.2) is 70.6 Å². The van der Waals surface area contributed by atoms with Crippen LogP contribution in [-0.2, 0) is 46.5 Å². The number of halogens is 2. The van der Waals surface area contributed by atoms with E-state index in [1.165, 1.54) is 29.1 Å². The third-order valence-corrected chi connectivity index (χ3v) is 14.1. The summed E-state index contributed by atoms with van der Waals surface area (Å²) in [6.07, 6.45) is 5.30. The molecule has 8 heterocycles. The fourth-order valence-corrected chi connectivity index (χ4v) is 10.1. The SMILES string of the molecule is Cn1cc(-c2ccnc(-n3ncc4cc(C(C)(C)C)cc(F)c4c3=O)c2CO)cc(Nc2cc3n(n2)CCN(C(=O)CCCN2CCN(c4cc5c(cc4F)C(=O)N(C4CCC(=O)NC4=O)C5=O)CC2)C3)c1=O. The van der Waals surface area contributed by atoms with Gasteiger partial charge < -0.3 is 24.8 Å². The summed E-state index contributed by atoms with van der Waals surface area (Å²) >= 11 is 0. The number of aliphatic hydroxyl groups excluding tert-OH is 1. The molecule has 4 aliphatic rings. The number of aliphatic hydroxyl groups is 1. The Balaban J connectivity index is 0.756. The van der Waals surface area contributed by atoms with Gasteiger partial charge in [-0.05, 0) is 72.3 Å². The van der Waals surface area contributed by atoms with Gasteiger partial charge in [0.1, 0.15) is 23.4 Å². The summed E-state index contributed by atoms with van der Waals surface area (Å²) in [5, 5.41) is 25.2. The van der Waals surface area contributed by atoms with Crippen LogP contribution in [0.5, 0.6) is 0 Å². The lowest BCUT2D eigenvalue weighted by Crippen LogP contribution is -2.54. The number of hydrogen-bond acceptors (Lipinski definition) is 14. The molecule has 20 nitrogen and oxygen atoms in total. The largest absolute Gasteiger partial charge is 0.392 e. The van der Waals surface area contributed by atoms with Crippen LogP contribution in [0.3, 0.4) is 0 Å². The summed E-state index contributed by atoms with van der Waals surface area (Å²) < 4.78 is 35.2. The summed E-state index contributed by atoms with van der Waals surface area (Å²) in [5.41, 5.74) is 1.42. The van der Waals surface area contributed by atoms with E-state index in [4.69, 9.17) is 0 Å². The topological polar surface area (TPSA) is 230 Å². The van der Waals surface area contributed by atoms with Gasteiger partial charge in [0.2, 0.25) is 17.7 Å². The van der Waals surface area contributed by atoms with Crippen LogP contribution >= 0.6 is 0 Å². The monoisotopic (exact) mass is 998 g/mol. The van der Waals surface area contributed by atoms with Crippen molar-refractivity contribution in [3.63, 3.8) is 0 Å². The van der Waals surface area contributed by atoms with Crippen molar-refractivity contribution < 1.29 is 37.9 Å². The van der Waals surface area contributed by atoms with Crippen molar-refractivity contribution in [2.24, 2.45) is 7.05 Å². The van der Waals surface area contributed by atoms with Gasteiger partial charge in [-0.2, -0.15) is 14.9 Å². The molecule has 5 amide bonds. The van der Waals surface area contributed by atoms with Crippen LogP contribution in [0.2, 0.25) is 0 Å². The number of hydrogen-bond donors (Lipinski definition) is 3. The zero-order valence-electron chi connectivity index (χ0n) is 40.6. The van der Waals surface area contributed by atoms with Gasteiger partial charge in [-0.15, -0.1) is 0 Å². The molecule has 10 rings (SSSR count). The minimum absolute atomic E-state index is 0.000888. The molecule has 378 valence electrons. The predicted octanol–water partition coefficient (Wildman–Crippen LogP) is 3.50. The molecule has 0 radical (unpaired) electrons. The first-order valence-electron chi connectivity index (χ1n) is 24.0. The molecular formula is C51H52F2N12O8. The number of anilines is 3. The van der Waals surface area contributed by atoms with Gasteiger partial charge in [-0.25, -0.2) is 13.8 Å². The zero-order valence-corrected chi connectivity index (χ0v) is 40.6. The number of benzene rings is 2. The van der Waals surface area contributed by atoms with Crippen LogP contribution in [0.25, 0.3) is 27.7 Å². The Kier molecular flexibility index (Phi) is 12.6. The van der Waals surface area contributed by atoms with Crippen LogP contribution < -0.4 is 26.7 Å². The molecule has 2 aromatic carbocycles. The van der Waals surface area contributed by atoms with E-state index in [1.54, 1.807) is 47.1 Å². The van der Waals surface area contributed by atoms with Crippen molar-refractivity contribution in [2.75, 3.05) is 49.5 Å². The molecule has 4 aliphatic heterocycles. The van der Waals surface area contributed by atoms with Crippen LogP contribution in [-0.4, -0.2) is 124 Å². The Morgan fingerprint density at radius 3 is 2.37 bits per heavy atom. The molecule has 0 saturated carbocycles. The molecule has 0 bridgehead atoms. The minimum Gasteiger partial charge on any atom is -0.392 e. The number of piperidine rings is 1. The summed E-state index contributed by atoms with van der Waals surface area (Å²) in [4.78, 5) is 102. The molecule has 1 unspecified atom stereocenters. The van der Waals surface area contributed by atoms with E-state index < -0.39 is 53.5 Å². The number of amides is 5. The van der Waals surface area contributed by atoms with Crippen molar-refractivity contribution in [2.45, 2.75) is 77.6 Å². The predicted molar refractivity (Wildman–Crippen MR) is 262 cm³/mol. The second-order valence-electron chi connectivity index (χ2n) is 19.8. The highest BCUT2D eigenvalue weighted by Gasteiger charge is 2.45. The number of carbonyl (C=O) groups excluding carboxylic acids is 5. The maximum Gasteiger partial charge on any atom is 0.283 e. The quantitative estimate of drug-likeness (QED) is 0.158. The van der Waals surface area contributed by atoms with Crippen molar-refractivity contribution in [1.29, 1.82) is 0 Å². The third kappa shape index (κ3) is 9.04. The molecular weight excluding hydrogens is 947 g/mol. The molecule has 6 aromatic rings. The van der Waals surface area contributed by atoms with E-state index in [0.29, 0.717) is 93.1 Å². The molecule has 2 fully saturated rings. The smallest absolute Gasteiger partial charge is 0.283 e. The first kappa shape index (κ1) is 48.6. The highest BCUT2D eigenvalue weighted by atomic mass is 19.1. The van der Waals surface area contributed by atoms with E-state index in [1.807, 2.05) is 25.7 Å². The van der Waals surface area contributed by atoms with Gasteiger partial charge >= 0.3 is 0 Å². The van der Waals surface area contributed by atoms with Gasteiger partial charge in [0.15, 0.2) is 11.6 Å². The zero-order chi connectivity index (χ0) is 51.6. The Labute approximate surface area is 415 Å². The molecule has 0 aliphatic carbocycles. The van der Waals surface area contributed by atoms with E-state index in [-0.39, 0.29) is 69.0 Å². The number of pyridine rings is 2. The van der Waals surface area contributed by atoms with Crippen LogP contribution in [0.4, 0.5) is 26.0 Å². The molecule has 3 N–H and O–H groups in total. The average Bonchev–Trinajstić information content (AvgIpc) is 3.87. The molecule has 22 heteroatoms. The maximum atomic E-state index is 15.5. The van der Waals surface area contributed by atoms with Crippen LogP contribution in [0.1, 0.15) is 84.0 Å². The number of aryl methyl sites for hydroxylation is 1. The standard InChI is InChI=1S/C51H52F2N12O8/c1-51(2,3)30-18-28-24-55-65(50(73)44(28)37(53)20-30)45-35(27-66)32(9-10-54-45)29-19-38(49(72)59(4)25-29)56-41-21-31-26-62(16-17-63(31)58-41)43(68)6-5-11-60-12-14-61(15-13-60)40-23-34-33(22-36(40)52)47(70)64(48(34)71)39-7-8-42(67)57-46(39)69/h9-10,18-25,39,66H,5-8,11-17,26-27H2,1-4H3,(H,56,58)(H,57,67,69). The van der Waals surface area contributed by atoms with Gasteiger partial charge in [-0.1, -0.05) is 20.8 Å². The van der Waals surface area contributed by atoms with Crippen molar-refractivity contribution in [3.8, 4) is 16.9 Å². The van der Waals surface area contributed by atoms with E-state index in [0.717, 1.165) is 21.3 Å². The normalized spacial score (nSPS) is 17.4. The van der Waals surface area contributed by atoms with Crippen molar-refractivity contribution in [1.82, 2.24) is 49.1 Å². The molecule has 1 atom stereocenters. The summed E-state index contributed by atoms with van der Waals surface area (Å²) in [7, 11) is 1.58. The van der Waals surface area contributed by atoms with Gasteiger partial charge in [-0.3, -0.25) is 53.4 Å². The molecule has 73 heavy (non-hydrogen) atoms. The fraction of sp³-hybridized carbons (Fsp3) is 0.373. The number of fused-ring (bicyclic) bond motifs is 3. The molecule has 4 aromatic heterocycles. The number of nitrogens with zero attached hydrogens (tertiary/aromatic N) is 10. The van der Waals surface area contributed by atoms with Gasteiger partial charge in [0.05, 0.1) is 53.8 Å². The minimum atomic E-state index is -1.15. The Hall–Kier alpha value is -7.98. The Morgan fingerprint density at radius 2 is 1.64 bits per heavy atom. The number of carbonyl (C=O) groups is 5. The molecule has 2 saturated heterocycles. The second kappa shape index (κ2) is 18.9. The fourth-order valence-electron chi connectivity index (χ4n) is 10.1. The Morgan fingerprint density at radius 1 is 0.890 bits per heavy atom. The number of piperazine rings is 1. The number of aromatic nitrogens is 6. The lowest BCUT2D eigenvalue weighted by molar-refractivity contribution is -0.136. The lowest BCUT2D eigenvalue weighted by Gasteiger charge is -2.36. The summed E-state index contributed by atoms with van der Waals surface area (Å²) in [6.45, 7) is 9.09. The van der Waals surface area contributed by atoms with E-state index in [9.17, 15) is 38.7 Å². The first-order valence-corrected chi connectivity index (χ1v) is 24.0. The van der Waals surface area contributed by atoms with Crippen molar-refractivity contribution in [3.05, 3.63) is 121 Å². The van der Waals surface area contributed by atoms with Crippen LogP contribution in [0, 0.1) is 11.6 Å². The second-order valence-corrected chi connectivity index (χ2v) is 19.8. The highest BCUT2D eigenvalue weighted by Crippen LogP contribution is 2.34. The Bertz CT molecular complexity index is 3430. The van der Waals surface area contributed by atoms with Gasteiger partial charge in [0, 0.05) is 87.6 Å². The maximum absolute atomic E-state index is 15.5. The molecule has 0 spiro atoms. The van der Waals surface area contributed by atoms with E-state index in [2.05, 4.69) is 30.7 Å². The van der Waals surface area contributed by atoms with E-state index >= 15 is 8.78 Å². The first-order chi connectivity index (χ1) is 34.9.